The minimum absolute atomic E-state index is 0. The Labute approximate surface area is 143 Å². The molecule has 20 heavy (non-hydrogen) atoms. The fourth-order valence-electron chi connectivity index (χ4n) is 2.31. The average Bonchev–Trinajstić information content (AvgIpc) is 2.39. The Bertz CT molecular complexity index is 434. The van der Waals surface area contributed by atoms with Gasteiger partial charge in [-0.25, -0.2) is 0 Å². The van der Waals surface area contributed by atoms with E-state index < -0.39 is 0 Å². The Morgan fingerprint density at radius 3 is 2.65 bits per heavy atom. The lowest BCUT2D eigenvalue weighted by atomic mass is 10.2. The number of nitrogens with one attached hydrogen (secondary N) is 1. The average molecular weight is 405 g/mol. The maximum atomic E-state index is 4.41. The number of guanidine groups is 1. The van der Waals surface area contributed by atoms with Crippen LogP contribution in [0.1, 0.15) is 19.4 Å². The van der Waals surface area contributed by atoms with E-state index in [1.54, 1.807) is 0 Å². The number of benzene rings is 1. The molecule has 3 nitrogen and oxygen atoms in total. The number of hydrogen-bond acceptors (Lipinski definition) is 2. The van der Waals surface area contributed by atoms with Crippen molar-refractivity contribution in [3.05, 3.63) is 35.9 Å². The van der Waals surface area contributed by atoms with E-state index in [9.17, 15) is 0 Å². The number of rotatable bonds is 2. The summed E-state index contributed by atoms with van der Waals surface area (Å²) in [5.74, 6) is 2.18. The Hall–Kier alpha value is -0.430. The molecular weight excluding hydrogens is 381 g/mol. The lowest BCUT2D eigenvalue weighted by Crippen LogP contribution is -2.50. The molecule has 0 atom stereocenters. The SMILES string of the molecule is CN=C(NCc1ccccc1)N1CCSC(C)(C)C1.I. The van der Waals surface area contributed by atoms with E-state index in [1.165, 1.54) is 11.3 Å². The first kappa shape index (κ1) is 17.6. The molecule has 1 saturated heterocycles. The molecule has 0 spiro atoms. The van der Waals surface area contributed by atoms with E-state index in [0.29, 0.717) is 4.75 Å². The van der Waals surface area contributed by atoms with Crippen LogP contribution in [0.3, 0.4) is 0 Å². The van der Waals surface area contributed by atoms with Crippen LogP contribution in [0.25, 0.3) is 0 Å². The van der Waals surface area contributed by atoms with Gasteiger partial charge in [0.25, 0.3) is 0 Å². The van der Waals surface area contributed by atoms with Crippen LogP contribution in [-0.4, -0.2) is 41.5 Å². The summed E-state index contributed by atoms with van der Waals surface area (Å²) in [7, 11) is 1.86. The van der Waals surface area contributed by atoms with Gasteiger partial charge in [-0.3, -0.25) is 4.99 Å². The molecule has 1 aromatic carbocycles. The first-order chi connectivity index (χ1) is 9.11. The highest BCUT2D eigenvalue weighted by molar-refractivity contribution is 14.0. The van der Waals surface area contributed by atoms with Crippen molar-refractivity contribution in [1.82, 2.24) is 10.2 Å². The van der Waals surface area contributed by atoms with Crippen molar-refractivity contribution in [2.24, 2.45) is 4.99 Å². The highest BCUT2D eigenvalue weighted by Crippen LogP contribution is 2.29. The number of aliphatic imine (C=N–C) groups is 1. The Kier molecular flexibility index (Phi) is 7.15. The lowest BCUT2D eigenvalue weighted by Gasteiger charge is -2.39. The first-order valence-corrected chi connectivity index (χ1v) is 7.73. The Balaban J connectivity index is 0.00000200. The summed E-state index contributed by atoms with van der Waals surface area (Å²) in [6.45, 7) is 7.55. The van der Waals surface area contributed by atoms with Crippen LogP contribution in [0.5, 0.6) is 0 Å². The highest BCUT2D eigenvalue weighted by Gasteiger charge is 2.28. The van der Waals surface area contributed by atoms with Gasteiger partial charge in [0.15, 0.2) is 5.96 Å². The van der Waals surface area contributed by atoms with Crippen molar-refractivity contribution < 1.29 is 0 Å². The maximum Gasteiger partial charge on any atom is 0.193 e. The molecule has 1 heterocycles. The predicted molar refractivity (Wildman–Crippen MR) is 100 cm³/mol. The van der Waals surface area contributed by atoms with Gasteiger partial charge in [0.1, 0.15) is 0 Å². The zero-order valence-corrected chi connectivity index (χ0v) is 15.6. The van der Waals surface area contributed by atoms with E-state index >= 15 is 0 Å². The van der Waals surface area contributed by atoms with E-state index in [0.717, 1.165) is 25.6 Å². The second-order valence-electron chi connectivity index (χ2n) is 5.42. The summed E-state index contributed by atoms with van der Waals surface area (Å²) in [4.78, 5) is 6.78. The van der Waals surface area contributed by atoms with Gasteiger partial charge in [0.2, 0.25) is 0 Å². The fourth-order valence-corrected chi connectivity index (χ4v) is 3.42. The van der Waals surface area contributed by atoms with Crippen LogP contribution >= 0.6 is 35.7 Å². The molecule has 1 fully saturated rings. The van der Waals surface area contributed by atoms with Crippen LogP contribution in [-0.2, 0) is 6.54 Å². The number of hydrogen-bond donors (Lipinski definition) is 1. The highest BCUT2D eigenvalue weighted by atomic mass is 127. The third kappa shape index (κ3) is 5.16. The normalized spacial score (nSPS) is 18.4. The third-order valence-electron chi connectivity index (χ3n) is 3.23. The lowest BCUT2D eigenvalue weighted by molar-refractivity contribution is 0.376. The molecule has 1 aliphatic rings. The van der Waals surface area contributed by atoms with Crippen molar-refractivity contribution in [2.45, 2.75) is 25.1 Å². The minimum atomic E-state index is 0. The van der Waals surface area contributed by atoms with Gasteiger partial charge >= 0.3 is 0 Å². The van der Waals surface area contributed by atoms with Gasteiger partial charge < -0.3 is 10.2 Å². The molecule has 0 aliphatic carbocycles. The van der Waals surface area contributed by atoms with Crippen molar-refractivity contribution >= 4 is 41.7 Å². The van der Waals surface area contributed by atoms with Gasteiger partial charge in [-0.15, -0.1) is 24.0 Å². The van der Waals surface area contributed by atoms with E-state index in [-0.39, 0.29) is 24.0 Å². The van der Waals surface area contributed by atoms with Crippen molar-refractivity contribution in [2.75, 3.05) is 25.9 Å². The summed E-state index contributed by atoms with van der Waals surface area (Å²) in [6.07, 6.45) is 0. The monoisotopic (exact) mass is 405 g/mol. The maximum absolute atomic E-state index is 4.41. The van der Waals surface area contributed by atoms with Crippen LogP contribution in [0.2, 0.25) is 0 Å². The molecule has 1 aliphatic heterocycles. The van der Waals surface area contributed by atoms with Crippen molar-refractivity contribution in [3.63, 3.8) is 0 Å². The minimum Gasteiger partial charge on any atom is -0.352 e. The van der Waals surface area contributed by atoms with Gasteiger partial charge in [0, 0.05) is 37.2 Å². The molecule has 0 amide bonds. The molecule has 1 aromatic rings. The summed E-state index contributed by atoms with van der Waals surface area (Å²) >= 11 is 2.04. The van der Waals surface area contributed by atoms with E-state index in [4.69, 9.17) is 0 Å². The Morgan fingerprint density at radius 1 is 1.35 bits per heavy atom. The van der Waals surface area contributed by atoms with Gasteiger partial charge in [-0.2, -0.15) is 11.8 Å². The van der Waals surface area contributed by atoms with E-state index in [1.807, 2.05) is 24.9 Å². The Morgan fingerprint density at radius 2 is 2.05 bits per heavy atom. The van der Waals surface area contributed by atoms with Crippen LogP contribution in [0, 0.1) is 0 Å². The molecule has 5 heteroatoms. The molecule has 2 rings (SSSR count). The zero-order chi connectivity index (χ0) is 13.7. The standard InChI is InChI=1S/C15H23N3S.HI/c1-15(2)12-18(9-10-19-15)14(16-3)17-11-13-7-5-4-6-8-13;/h4-8H,9-12H2,1-3H3,(H,16,17);1H. The summed E-state index contributed by atoms with van der Waals surface area (Å²) < 4.78 is 0.308. The summed E-state index contributed by atoms with van der Waals surface area (Å²) in [6, 6.07) is 10.5. The van der Waals surface area contributed by atoms with Crippen LogP contribution in [0.4, 0.5) is 0 Å². The molecule has 0 unspecified atom stereocenters. The number of halogens is 1. The number of thioether (sulfide) groups is 1. The molecule has 0 bridgehead atoms. The van der Waals surface area contributed by atoms with Crippen molar-refractivity contribution in [3.8, 4) is 0 Å². The molecular formula is C15H24IN3S. The molecule has 1 N–H and O–H groups in total. The second kappa shape index (κ2) is 8.12. The molecule has 0 saturated carbocycles. The zero-order valence-electron chi connectivity index (χ0n) is 12.4. The summed E-state index contributed by atoms with van der Waals surface area (Å²) in [5.41, 5.74) is 1.29. The molecule has 0 aromatic heterocycles. The topological polar surface area (TPSA) is 27.6 Å². The largest absolute Gasteiger partial charge is 0.352 e. The third-order valence-corrected chi connectivity index (χ3v) is 4.53. The number of nitrogens with zero attached hydrogens (tertiary/aromatic N) is 2. The van der Waals surface area contributed by atoms with Gasteiger partial charge in [0.05, 0.1) is 0 Å². The van der Waals surface area contributed by atoms with Gasteiger partial charge in [-0.1, -0.05) is 30.3 Å². The second-order valence-corrected chi connectivity index (χ2v) is 7.22. The first-order valence-electron chi connectivity index (χ1n) is 6.74. The van der Waals surface area contributed by atoms with Crippen LogP contribution < -0.4 is 5.32 Å². The summed E-state index contributed by atoms with van der Waals surface area (Å²) in [5, 5.41) is 3.46. The quantitative estimate of drug-likeness (QED) is 0.465. The molecule has 0 radical (unpaired) electrons. The molecule has 112 valence electrons. The van der Waals surface area contributed by atoms with Gasteiger partial charge in [-0.05, 0) is 19.4 Å². The van der Waals surface area contributed by atoms with Crippen molar-refractivity contribution in [1.29, 1.82) is 0 Å². The van der Waals surface area contributed by atoms with E-state index in [2.05, 4.69) is 53.3 Å². The smallest absolute Gasteiger partial charge is 0.193 e. The van der Waals surface area contributed by atoms with Crippen LogP contribution in [0.15, 0.2) is 35.3 Å². The predicted octanol–water partition coefficient (Wildman–Crippen LogP) is 3.21. The fraction of sp³-hybridized carbons (Fsp3) is 0.533.